The quantitative estimate of drug-likeness (QED) is 0.502. The fourth-order valence-electron chi connectivity index (χ4n) is 1.29. The Morgan fingerprint density at radius 1 is 1.30 bits per heavy atom. The first-order valence-electron chi connectivity index (χ1n) is 3.63. The van der Waals surface area contributed by atoms with Gasteiger partial charge in [-0.3, -0.25) is 0 Å². The molecule has 10 heavy (non-hydrogen) atoms. The molecule has 0 amide bonds. The zero-order valence-electron chi connectivity index (χ0n) is 6.32. The molecule has 0 aliphatic carbocycles. The van der Waals surface area contributed by atoms with Crippen LogP contribution in [0, 0.1) is 0 Å². The van der Waals surface area contributed by atoms with E-state index in [4.69, 9.17) is 4.74 Å². The van der Waals surface area contributed by atoms with E-state index in [2.05, 4.69) is 0 Å². The Hall–Kier alpha value is -0.120. The van der Waals surface area contributed by atoms with Crippen molar-refractivity contribution in [3.05, 3.63) is 0 Å². The van der Waals surface area contributed by atoms with Gasteiger partial charge in [0.2, 0.25) is 0 Å². The van der Waals surface area contributed by atoms with Gasteiger partial charge in [0, 0.05) is 6.42 Å². The number of aliphatic hydroxyl groups excluding tert-OH is 2. The van der Waals surface area contributed by atoms with Gasteiger partial charge in [-0.25, -0.2) is 0 Å². The van der Waals surface area contributed by atoms with Gasteiger partial charge in [0.15, 0.2) is 0 Å². The van der Waals surface area contributed by atoms with Crippen molar-refractivity contribution in [2.24, 2.45) is 0 Å². The standard InChI is InChI=1S/C7H14O3/c1-4-3-6(8)7(9)5(2)10-4/h4-9H,3H2,1-2H3/t4-,5+,6-,7+/m1/s1. The van der Waals surface area contributed by atoms with Gasteiger partial charge in [-0.2, -0.15) is 0 Å². The lowest BCUT2D eigenvalue weighted by molar-refractivity contribution is -0.156. The van der Waals surface area contributed by atoms with Crippen molar-refractivity contribution in [1.82, 2.24) is 0 Å². The van der Waals surface area contributed by atoms with E-state index in [0.717, 1.165) is 0 Å². The highest BCUT2D eigenvalue weighted by atomic mass is 16.5. The van der Waals surface area contributed by atoms with Crippen molar-refractivity contribution in [2.75, 3.05) is 0 Å². The van der Waals surface area contributed by atoms with E-state index < -0.39 is 12.2 Å². The summed E-state index contributed by atoms with van der Waals surface area (Å²) in [5, 5.41) is 18.4. The smallest absolute Gasteiger partial charge is 0.106 e. The highest BCUT2D eigenvalue weighted by molar-refractivity contribution is 4.80. The molecule has 1 saturated heterocycles. The Balaban J connectivity index is 2.49. The lowest BCUT2D eigenvalue weighted by Gasteiger charge is -2.33. The second kappa shape index (κ2) is 2.86. The van der Waals surface area contributed by atoms with Crippen molar-refractivity contribution in [2.45, 2.75) is 44.7 Å². The summed E-state index contributed by atoms with van der Waals surface area (Å²) in [4.78, 5) is 0. The first-order valence-corrected chi connectivity index (χ1v) is 3.63. The molecule has 0 spiro atoms. The molecule has 1 heterocycles. The number of hydrogen-bond donors (Lipinski definition) is 2. The molecule has 60 valence electrons. The molecule has 0 saturated carbocycles. The SMILES string of the molecule is C[C@@H]1C[C@@H](O)[C@@H](O)[C@H](C)O1. The molecule has 0 aromatic heterocycles. The van der Waals surface area contributed by atoms with Gasteiger partial charge in [0.05, 0.1) is 18.3 Å². The number of rotatable bonds is 0. The van der Waals surface area contributed by atoms with Crippen molar-refractivity contribution in [3.8, 4) is 0 Å². The second-order valence-electron chi connectivity index (χ2n) is 2.95. The summed E-state index contributed by atoms with van der Waals surface area (Å²) in [6.07, 6.45) is -0.965. The van der Waals surface area contributed by atoms with Crippen LogP contribution in [0.4, 0.5) is 0 Å². The molecule has 1 aliphatic heterocycles. The van der Waals surface area contributed by atoms with E-state index in [1.807, 2.05) is 6.92 Å². The van der Waals surface area contributed by atoms with Crippen LogP contribution in [0.15, 0.2) is 0 Å². The van der Waals surface area contributed by atoms with Crippen LogP contribution >= 0.6 is 0 Å². The van der Waals surface area contributed by atoms with Crippen molar-refractivity contribution in [1.29, 1.82) is 0 Å². The maximum atomic E-state index is 9.19. The molecular formula is C7H14O3. The van der Waals surface area contributed by atoms with Crippen LogP contribution in [0.1, 0.15) is 20.3 Å². The van der Waals surface area contributed by atoms with E-state index in [-0.39, 0.29) is 12.2 Å². The Kier molecular flexibility index (Phi) is 2.28. The van der Waals surface area contributed by atoms with Gasteiger partial charge >= 0.3 is 0 Å². The minimum absolute atomic E-state index is 0.0633. The summed E-state index contributed by atoms with van der Waals surface area (Å²) >= 11 is 0. The molecule has 1 aliphatic rings. The van der Waals surface area contributed by atoms with Crippen molar-refractivity contribution < 1.29 is 14.9 Å². The molecule has 3 nitrogen and oxygen atoms in total. The van der Waals surface area contributed by atoms with E-state index >= 15 is 0 Å². The van der Waals surface area contributed by atoms with Gasteiger partial charge < -0.3 is 14.9 Å². The highest BCUT2D eigenvalue weighted by Crippen LogP contribution is 2.19. The van der Waals surface area contributed by atoms with Crippen LogP contribution in [-0.4, -0.2) is 34.6 Å². The average molecular weight is 146 g/mol. The first kappa shape index (κ1) is 7.98. The lowest BCUT2D eigenvalue weighted by atomic mass is 10.00. The summed E-state index contributed by atoms with van der Waals surface area (Å²) in [6, 6.07) is 0. The molecule has 0 aromatic carbocycles. The van der Waals surface area contributed by atoms with E-state index in [9.17, 15) is 10.2 Å². The Labute approximate surface area is 60.6 Å². The lowest BCUT2D eigenvalue weighted by Crippen LogP contribution is -2.45. The van der Waals surface area contributed by atoms with Crippen LogP contribution in [0.2, 0.25) is 0 Å². The highest BCUT2D eigenvalue weighted by Gasteiger charge is 2.31. The maximum absolute atomic E-state index is 9.19. The molecule has 4 atom stereocenters. The number of aliphatic hydroxyl groups is 2. The number of ether oxygens (including phenoxy) is 1. The molecule has 3 heteroatoms. The summed E-state index contributed by atoms with van der Waals surface area (Å²) in [5.41, 5.74) is 0. The summed E-state index contributed by atoms with van der Waals surface area (Å²) < 4.78 is 5.26. The fraction of sp³-hybridized carbons (Fsp3) is 1.00. The van der Waals surface area contributed by atoms with Crippen LogP contribution in [-0.2, 0) is 4.74 Å². The summed E-state index contributed by atoms with van der Waals surface area (Å²) in [6.45, 7) is 3.66. The van der Waals surface area contributed by atoms with E-state index in [1.165, 1.54) is 0 Å². The number of hydrogen-bond acceptors (Lipinski definition) is 3. The van der Waals surface area contributed by atoms with Crippen LogP contribution in [0.25, 0.3) is 0 Å². The third-order valence-corrected chi connectivity index (χ3v) is 1.90. The van der Waals surface area contributed by atoms with Gasteiger partial charge in [-0.1, -0.05) is 0 Å². The van der Waals surface area contributed by atoms with Crippen LogP contribution < -0.4 is 0 Å². The first-order chi connectivity index (χ1) is 4.61. The zero-order valence-corrected chi connectivity index (χ0v) is 6.32. The minimum atomic E-state index is -0.712. The topological polar surface area (TPSA) is 49.7 Å². The van der Waals surface area contributed by atoms with Crippen molar-refractivity contribution in [3.63, 3.8) is 0 Å². The Morgan fingerprint density at radius 2 is 1.90 bits per heavy atom. The normalized spacial score (nSPS) is 49.2. The molecule has 0 aromatic rings. The molecule has 1 rings (SSSR count). The zero-order chi connectivity index (χ0) is 7.72. The Bertz CT molecular complexity index is 103. The van der Waals surface area contributed by atoms with Gasteiger partial charge in [0.25, 0.3) is 0 Å². The van der Waals surface area contributed by atoms with E-state index in [0.29, 0.717) is 6.42 Å². The monoisotopic (exact) mass is 146 g/mol. The average Bonchev–Trinajstić information content (AvgIpc) is 1.82. The maximum Gasteiger partial charge on any atom is 0.106 e. The van der Waals surface area contributed by atoms with Crippen LogP contribution in [0.3, 0.4) is 0 Å². The second-order valence-corrected chi connectivity index (χ2v) is 2.95. The molecule has 0 bridgehead atoms. The van der Waals surface area contributed by atoms with E-state index in [1.54, 1.807) is 6.92 Å². The third-order valence-electron chi connectivity index (χ3n) is 1.90. The van der Waals surface area contributed by atoms with Gasteiger partial charge in [0.1, 0.15) is 6.10 Å². The molecule has 0 unspecified atom stereocenters. The minimum Gasteiger partial charge on any atom is -0.390 e. The predicted octanol–water partition coefficient (Wildman–Crippen LogP) is -0.0945. The molecule has 1 fully saturated rings. The summed E-state index contributed by atoms with van der Waals surface area (Å²) in [7, 11) is 0. The van der Waals surface area contributed by atoms with Crippen LogP contribution in [0.5, 0.6) is 0 Å². The summed E-state index contributed by atoms with van der Waals surface area (Å²) in [5.74, 6) is 0. The fourth-order valence-corrected chi connectivity index (χ4v) is 1.29. The predicted molar refractivity (Wildman–Crippen MR) is 36.6 cm³/mol. The molecular weight excluding hydrogens is 132 g/mol. The third kappa shape index (κ3) is 1.48. The van der Waals surface area contributed by atoms with Gasteiger partial charge in [-0.05, 0) is 13.8 Å². The van der Waals surface area contributed by atoms with Gasteiger partial charge in [-0.15, -0.1) is 0 Å². The molecule has 0 radical (unpaired) electrons. The molecule has 2 N–H and O–H groups in total. The largest absolute Gasteiger partial charge is 0.390 e. The van der Waals surface area contributed by atoms with Crippen molar-refractivity contribution >= 4 is 0 Å². The Morgan fingerprint density at radius 3 is 2.40 bits per heavy atom.